The molecular weight excluding hydrogens is 150 g/mol. The Morgan fingerprint density at radius 1 is 1.33 bits per heavy atom. The molecule has 0 aliphatic heterocycles. The number of hydrogen-bond donors (Lipinski definition) is 1. The maximum absolute atomic E-state index is 4.14. The highest BCUT2D eigenvalue weighted by molar-refractivity contribution is 5.89. The third-order valence-corrected chi connectivity index (χ3v) is 1.93. The monoisotopic (exact) mass is 161 g/mol. The highest BCUT2D eigenvalue weighted by Crippen LogP contribution is 2.21. The van der Waals surface area contributed by atoms with Crippen molar-refractivity contribution < 1.29 is 0 Å². The molecule has 62 valence electrons. The number of H-pyrrole nitrogens is 1. The second-order valence-electron chi connectivity index (χ2n) is 2.99. The smallest absolute Gasteiger partial charge is 0.0792 e. The van der Waals surface area contributed by atoms with Gasteiger partial charge in [0, 0.05) is 31.9 Å². The zero-order chi connectivity index (χ0) is 8.55. The summed E-state index contributed by atoms with van der Waals surface area (Å²) in [4.78, 5) is 9.38. The first-order valence-electron chi connectivity index (χ1n) is 3.87. The van der Waals surface area contributed by atoms with Gasteiger partial charge < -0.3 is 9.88 Å². The van der Waals surface area contributed by atoms with Crippen LogP contribution in [0, 0.1) is 0 Å². The minimum atomic E-state index is 1.12. The van der Waals surface area contributed by atoms with Crippen molar-refractivity contribution in [1.82, 2.24) is 9.97 Å². The molecule has 3 nitrogen and oxygen atoms in total. The molecule has 0 atom stereocenters. The van der Waals surface area contributed by atoms with Gasteiger partial charge in [0.15, 0.2) is 0 Å². The van der Waals surface area contributed by atoms with Crippen LogP contribution in [-0.2, 0) is 0 Å². The lowest BCUT2D eigenvalue weighted by molar-refractivity contribution is 1.12. The molecule has 0 amide bonds. The standard InChI is InChI=1S/C9H11N3/c1-12(2)8-6-10-5-7-3-4-11-9(7)8/h3-6,11H,1-2H3. The zero-order valence-electron chi connectivity index (χ0n) is 7.20. The fourth-order valence-corrected chi connectivity index (χ4v) is 1.30. The van der Waals surface area contributed by atoms with E-state index in [1.165, 1.54) is 0 Å². The second-order valence-corrected chi connectivity index (χ2v) is 2.99. The summed E-state index contributed by atoms with van der Waals surface area (Å²) in [5.41, 5.74) is 2.27. The lowest BCUT2D eigenvalue weighted by Gasteiger charge is -2.12. The number of nitrogens with one attached hydrogen (secondary N) is 1. The Kier molecular flexibility index (Phi) is 1.50. The van der Waals surface area contributed by atoms with E-state index >= 15 is 0 Å². The number of hydrogen-bond acceptors (Lipinski definition) is 2. The second kappa shape index (κ2) is 2.52. The first kappa shape index (κ1) is 7.16. The third kappa shape index (κ3) is 0.942. The average Bonchev–Trinajstić information content (AvgIpc) is 2.49. The Morgan fingerprint density at radius 3 is 2.92 bits per heavy atom. The minimum Gasteiger partial charge on any atom is -0.375 e. The van der Waals surface area contributed by atoms with Crippen molar-refractivity contribution in [3.05, 3.63) is 24.7 Å². The van der Waals surface area contributed by atoms with E-state index in [9.17, 15) is 0 Å². The van der Waals surface area contributed by atoms with E-state index in [0.717, 1.165) is 16.6 Å². The number of aromatic amines is 1. The molecule has 0 aliphatic carbocycles. The quantitative estimate of drug-likeness (QED) is 0.689. The van der Waals surface area contributed by atoms with Crippen LogP contribution in [0.25, 0.3) is 10.9 Å². The third-order valence-electron chi connectivity index (χ3n) is 1.93. The first-order chi connectivity index (χ1) is 5.79. The van der Waals surface area contributed by atoms with Gasteiger partial charge in [-0.3, -0.25) is 4.98 Å². The number of pyridine rings is 1. The van der Waals surface area contributed by atoms with E-state index in [-0.39, 0.29) is 0 Å². The van der Waals surface area contributed by atoms with Gasteiger partial charge >= 0.3 is 0 Å². The average molecular weight is 161 g/mol. The van der Waals surface area contributed by atoms with Gasteiger partial charge in [-0.15, -0.1) is 0 Å². The number of nitrogens with zero attached hydrogens (tertiary/aromatic N) is 2. The molecule has 0 radical (unpaired) electrons. The molecule has 0 aromatic carbocycles. The molecular formula is C9H11N3. The fourth-order valence-electron chi connectivity index (χ4n) is 1.30. The summed E-state index contributed by atoms with van der Waals surface area (Å²) in [6, 6.07) is 2.02. The van der Waals surface area contributed by atoms with Crippen LogP contribution < -0.4 is 4.90 Å². The largest absolute Gasteiger partial charge is 0.375 e. The van der Waals surface area contributed by atoms with Crippen molar-refractivity contribution in [2.24, 2.45) is 0 Å². The molecule has 0 bridgehead atoms. The molecule has 0 aliphatic rings. The van der Waals surface area contributed by atoms with Crippen molar-refractivity contribution in [3.63, 3.8) is 0 Å². The van der Waals surface area contributed by atoms with Crippen LogP contribution in [0.4, 0.5) is 5.69 Å². The van der Waals surface area contributed by atoms with Crippen LogP contribution in [0.1, 0.15) is 0 Å². The molecule has 3 heteroatoms. The van der Waals surface area contributed by atoms with Gasteiger partial charge in [0.2, 0.25) is 0 Å². The molecule has 2 aromatic heterocycles. The lowest BCUT2D eigenvalue weighted by atomic mass is 10.3. The maximum atomic E-state index is 4.14. The van der Waals surface area contributed by atoms with Gasteiger partial charge in [0.25, 0.3) is 0 Å². The van der Waals surface area contributed by atoms with Crippen LogP contribution in [0.15, 0.2) is 24.7 Å². The van der Waals surface area contributed by atoms with Crippen molar-refractivity contribution >= 4 is 16.6 Å². The Morgan fingerprint density at radius 2 is 2.17 bits per heavy atom. The van der Waals surface area contributed by atoms with Crippen molar-refractivity contribution in [2.45, 2.75) is 0 Å². The number of fused-ring (bicyclic) bond motifs is 1. The highest BCUT2D eigenvalue weighted by Gasteiger charge is 2.02. The topological polar surface area (TPSA) is 31.9 Å². The van der Waals surface area contributed by atoms with Crippen LogP contribution in [0.3, 0.4) is 0 Å². The maximum Gasteiger partial charge on any atom is 0.0792 e. The van der Waals surface area contributed by atoms with Gasteiger partial charge in [0.1, 0.15) is 0 Å². The van der Waals surface area contributed by atoms with Crippen LogP contribution in [0.5, 0.6) is 0 Å². The van der Waals surface area contributed by atoms with Crippen LogP contribution >= 0.6 is 0 Å². The molecule has 12 heavy (non-hydrogen) atoms. The van der Waals surface area contributed by atoms with Crippen LogP contribution in [0.2, 0.25) is 0 Å². The number of rotatable bonds is 1. The molecule has 0 unspecified atom stereocenters. The first-order valence-corrected chi connectivity index (χ1v) is 3.87. The Labute approximate surface area is 71.0 Å². The van der Waals surface area contributed by atoms with Crippen molar-refractivity contribution in [2.75, 3.05) is 19.0 Å². The van der Waals surface area contributed by atoms with Crippen LogP contribution in [-0.4, -0.2) is 24.1 Å². The summed E-state index contributed by atoms with van der Waals surface area (Å²) in [6.45, 7) is 0. The van der Waals surface area contributed by atoms with Gasteiger partial charge in [-0.2, -0.15) is 0 Å². The lowest BCUT2D eigenvalue weighted by Crippen LogP contribution is -2.09. The number of aromatic nitrogens is 2. The molecule has 1 N–H and O–H groups in total. The molecule has 0 saturated carbocycles. The number of anilines is 1. The SMILES string of the molecule is CN(C)c1cncc2cc[nH]c12. The summed E-state index contributed by atoms with van der Waals surface area (Å²) in [6.07, 6.45) is 5.65. The van der Waals surface area contributed by atoms with Gasteiger partial charge in [-0.25, -0.2) is 0 Å². The van der Waals surface area contributed by atoms with Crippen molar-refractivity contribution in [3.8, 4) is 0 Å². The summed E-state index contributed by atoms with van der Waals surface area (Å²) in [7, 11) is 4.02. The summed E-state index contributed by atoms with van der Waals surface area (Å²) in [5.74, 6) is 0. The normalized spacial score (nSPS) is 10.5. The molecule has 2 heterocycles. The van der Waals surface area contributed by atoms with Gasteiger partial charge in [0.05, 0.1) is 17.4 Å². The van der Waals surface area contributed by atoms with Gasteiger partial charge in [-0.1, -0.05) is 0 Å². The van der Waals surface area contributed by atoms with Crippen molar-refractivity contribution in [1.29, 1.82) is 0 Å². The predicted molar refractivity (Wildman–Crippen MR) is 50.4 cm³/mol. The van der Waals surface area contributed by atoms with E-state index in [2.05, 4.69) is 9.97 Å². The van der Waals surface area contributed by atoms with E-state index in [1.54, 1.807) is 0 Å². The summed E-state index contributed by atoms with van der Waals surface area (Å²) < 4.78 is 0. The molecule has 2 aromatic rings. The molecule has 0 saturated heterocycles. The molecule has 2 rings (SSSR count). The molecule has 0 fully saturated rings. The highest BCUT2D eigenvalue weighted by atomic mass is 15.1. The van der Waals surface area contributed by atoms with E-state index in [1.807, 2.05) is 43.7 Å². The Balaban J connectivity index is 2.73. The van der Waals surface area contributed by atoms with Gasteiger partial charge in [-0.05, 0) is 6.07 Å². The molecule has 0 spiro atoms. The predicted octanol–water partition coefficient (Wildman–Crippen LogP) is 1.63. The van der Waals surface area contributed by atoms with E-state index in [0.29, 0.717) is 0 Å². The zero-order valence-corrected chi connectivity index (χ0v) is 7.20. The summed E-state index contributed by atoms with van der Waals surface area (Å²) >= 11 is 0. The fraction of sp³-hybridized carbons (Fsp3) is 0.222. The Bertz CT molecular complexity index is 389. The minimum absolute atomic E-state index is 1.12. The Hall–Kier alpha value is -1.51. The summed E-state index contributed by atoms with van der Waals surface area (Å²) in [5, 5.41) is 1.15. The van der Waals surface area contributed by atoms with E-state index in [4.69, 9.17) is 0 Å². The van der Waals surface area contributed by atoms with E-state index < -0.39 is 0 Å².